The zero-order valence-electron chi connectivity index (χ0n) is 7.61. The van der Waals surface area contributed by atoms with Gasteiger partial charge in [-0.2, -0.15) is 0 Å². The van der Waals surface area contributed by atoms with Crippen LogP contribution in [-0.2, 0) is 4.79 Å². The molecule has 0 spiro atoms. The lowest BCUT2D eigenvalue weighted by Gasteiger charge is -2.33. The van der Waals surface area contributed by atoms with Crippen molar-refractivity contribution in [3.05, 3.63) is 34.3 Å². The van der Waals surface area contributed by atoms with Crippen LogP contribution in [0.3, 0.4) is 0 Å². The van der Waals surface area contributed by atoms with Gasteiger partial charge < -0.3 is 5.11 Å². The second-order valence-electron chi connectivity index (χ2n) is 3.68. The van der Waals surface area contributed by atoms with Crippen molar-refractivity contribution in [3.8, 4) is 0 Å². The van der Waals surface area contributed by atoms with E-state index in [0.717, 1.165) is 22.9 Å². The number of carboxylic acid groups (broad SMARTS) is 1. The standard InChI is InChI=1S/C11H11BrO2/c12-8-3-1-2-7(6-8)9-4-5-10(9)11(13)14/h1-3,6,9-10H,4-5H2,(H,13,14). The van der Waals surface area contributed by atoms with Gasteiger partial charge in [-0.25, -0.2) is 0 Å². The van der Waals surface area contributed by atoms with Crippen molar-refractivity contribution >= 4 is 21.9 Å². The van der Waals surface area contributed by atoms with Crippen LogP contribution in [0.4, 0.5) is 0 Å². The minimum Gasteiger partial charge on any atom is -0.481 e. The lowest BCUT2D eigenvalue weighted by atomic mass is 9.70. The predicted molar refractivity (Wildman–Crippen MR) is 57.2 cm³/mol. The van der Waals surface area contributed by atoms with Crippen molar-refractivity contribution < 1.29 is 9.90 Å². The van der Waals surface area contributed by atoms with E-state index in [4.69, 9.17) is 5.11 Å². The summed E-state index contributed by atoms with van der Waals surface area (Å²) < 4.78 is 1.02. The second-order valence-corrected chi connectivity index (χ2v) is 4.60. The van der Waals surface area contributed by atoms with E-state index in [0.29, 0.717) is 0 Å². The van der Waals surface area contributed by atoms with E-state index in [1.807, 2.05) is 24.3 Å². The van der Waals surface area contributed by atoms with E-state index < -0.39 is 5.97 Å². The second kappa shape index (κ2) is 3.73. The molecule has 14 heavy (non-hydrogen) atoms. The molecule has 1 aromatic carbocycles. The molecular weight excluding hydrogens is 244 g/mol. The monoisotopic (exact) mass is 254 g/mol. The molecule has 2 atom stereocenters. The van der Waals surface area contributed by atoms with E-state index >= 15 is 0 Å². The summed E-state index contributed by atoms with van der Waals surface area (Å²) in [4.78, 5) is 10.8. The van der Waals surface area contributed by atoms with Crippen LogP contribution in [0.1, 0.15) is 24.3 Å². The molecule has 3 heteroatoms. The Morgan fingerprint density at radius 3 is 2.71 bits per heavy atom. The van der Waals surface area contributed by atoms with Gasteiger partial charge in [0.05, 0.1) is 5.92 Å². The summed E-state index contributed by atoms with van der Waals surface area (Å²) in [5.74, 6) is -0.629. The first kappa shape index (κ1) is 9.71. The van der Waals surface area contributed by atoms with E-state index in [-0.39, 0.29) is 11.8 Å². The Morgan fingerprint density at radius 1 is 1.43 bits per heavy atom. The molecule has 0 heterocycles. The van der Waals surface area contributed by atoms with Gasteiger partial charge in [-0.1, -0.05) is 28.1 Å². The highest BCUT2D eigenvalue weighted by molar-refractivity contribution is 9.10. The molecule has 0 bridgehead atoms. The Balaban J connectivity index is 2.20. The maximum Gasteiger partial charge on any atom is 0.307 e. The zero-order chi connectivity index (χ0) is 10.1. The fourth-order valence-corrected chi connectivity index (χ4v) is 2.35. The molecule has 0 radical (unpaired) electrons. The number of rotatable bonds is 2. The molecule has 2 rings (SSSR count). The van der Waals surface area contributed by atoms with Crippen molar-refractivity contribution in [2.45, 2.75) is 18.8 Å². The highest BCUT2D eigenvalue weighted by Gasteiger charge is 2.37. The lowest BCUT2D eigenvalue weighted by Crippen LogP contribution is -2.30. The molecule has 0 aliphatic heterocycles. The Kier molecular flexibility index (Phi) is 2.59. The number of carboxylic acids is 1. The average molecular weight is 255 g/mol. The van der Waals surface area contributed by atoms with Crippen molar-refractivity contribution in [2.24, 2.45) is 5.92 Å². The predicted octanol–water partition coefficient (Wildman–Crippen LogP) is 3.03. The topological polar surface area (TPSA) is 37.3 Å². The molecule has 1 aliphatic rings. The summed E-state index contributed by atoms with van der Waals surface area (Å²) >= 11 is 3.39. The van der Waals surface area contributed by atoms with Crippen molar-refractivity contribution in [1.29, 1.82) is 0 Å². The van der Waals surface area contributed by atoms with Gasteiger partial charge in [-0.3, -0.25) is 4.79 Å². The molecule has 1 fully saturated rings. The summed E-state index contributed by atoms with van der Waals surface area (Å²) in [6.07, 6.45) is 1.81. The number of hydrogen-bond donors (Lipinski definition) is 1. The van der Waals surface area contributed by atoms with Gasteiger partial charge in [0.1, 0.15) is 0 Å². The van der Waals surface area contributed by atoms with Gasteiger partial charge in [-0.15, -0.1) is 0 Å². The molecule has 2 unspecified atom stereocenters. The number of benzene rings is 1. The van der Waals surface area contributed by atoms with Crippen LogP contribution < -0.4 is 0 Å². The molecule has 1 aromatic rings. The first-order valence-electron chi connectivity index (χ1n) is 4.67. The first-order valence-corrected chi connectivity index (χ1v) is 5.46. The fourth-order valence-electron chi connectivity index (χ4n) is 1.93. The third kappa shape index (κ3) is 1.69. The molecular formula is C11H11BrO2. The highest BCUT2D eigenvalue weighted by atomic mass is 79.9. The van der Waals surface area contributed by atoms with Gasteiger partial charge in [-0.05, 0) is 36.5 Å². The molecule has 1 N–H and O–H groups in total. The first-order chi connectivity index (χ1) is 6.68. The Labute approximate surface area is 91.1 Å². The van der Waals surface area contributed by atoms with E-state index in [2.05, 4.69) is 15.9 Å². The number of halogens is 1. The van der Waals surface area contributed by atoms with Crippen molar-refractivity contribution in [1.82, 2.24) is 0 Å². The Hall–Kier alpha value is -0.830. The van der Waals surface area contributed by atoms with E-state index in [1.165, 1.54) is 0 Å². The SMILES string of the molecule is O=C(O)C1CCC1c1cccc(Br)c1. The van der Waals surface area contributed by atoms with E-state index in [9.17, 15) is 4.79 Å². The van der Waals surface area contributed by atoms with Gasteiger partial charge in [0.25, 0.3) is 0 Å². The third-order valence-electron chi connectivity index (χ3n) is 2.87. The van der Waals surface area contributed by atoms with Crippen molar-refractivity contribution in [3.63, 3.8) is 0 Å². The normalized spacial score (nSPS) is 25.5. The molecule has 0 aromatic heterocycles. The molecule has 74 valence electrons. The quantitative estimate of drug-likeness (QED) is 0.881. The lowest BCUT2D eigenvalue weighted by molar-refractivity contribution is -0.145. The maximum absolute atomic E-state index is 10.8. The third-order valence-corrected chi connectivity index (χ3v) is 3.36. The molecule has 1 aliphatic carbocycles. The number of hydrogen-bond acceptors (Lipinski definition) is 1. The number of carbonyl (C=O) groups is 1. The van der Waals surface area contributed by atoms with Gasteiger partial charge >= 0.3 is 5.97 Å². The van der Waals surface area contributed by atoms with Gasteiger partial charge in [0, 0.05) is 4.47 Å². The maximum atomic E-state index is 10.8. The Bertz CT molecular complexity index is 362. The van der Waals surface area contributed by atoms with Crippen LogP contribution in [0.15, 0.2) is 28.7 Å². The van der Waals surface area contributed by atoms with E-state index in [1.54, 1.807) is 0 Å². The molecule has 0 amide bonds. The van der Waals surface area contributed by atoms with Crippen LogP contribution in [-0.4, -0.2) is 11.1 Å². The number of aliphatic carboxylic acids is 1. The van der Waals surface area contributed by atoms with Gasteiger partial charge in [0.2, 0.25) is 0 Å². The zero-order valence-corrected chi connectivity index (χ0v) is 9.20. The molecule has 2 nitrogen and oxygen atoms in total. The van der Waals surface area contributed by atoms with Crippen LogP contribution in [0.25, 0.3) is 0 Å². The summed E-state index contributed by atoms with van der Waals surface area (Å²) in [6.45, 7) is 0. The summed E-state index contributed by atoms with van der Waals surface area (Å²) in [7, 11) is 0. The van der Waals surface area contributed by atoms with Crippen LogP contribution in [0.5, 0.6) is 0 Å². The summed E-state index contributed by atoms with van der Waals surface area (Å²) in [6, 6.07) is 7.93. The minimum absolute atomic E-state index is 0.177. The van der Waals surface area contributed by atoms with Gasteiger partial charge in [0.15, 0.2) is 0 Å². The van der Waals surface area contributed by atoms with Crippen LogP contribution in [0.2, 0.25) is 0 Å². The highest BCUT2D eigenvalue weighted by Crippen LogP contribution is 2.42. The average Bonchev–Trinajstić information content (AvgIpc) is 2.00. The smallest absolute Gasteiger partial charge is 0.307 e. The molecule has 0 saturated heterocycles. The summed E-state index contributed by atoms with van der Waals surface area (Å²) in [5, 5.41) is 8.92. The van der Waals surface area contributed by atoms with Crippen molar-refractivity contribution in [2.75, 3.05) is 0 Å². The minimum atomic E-state index is -0.666. The molecule has 1 saturated carbocycles. The Morgan fingerprint density at radius 2 is 2.21 bits per heavy atom. The van der Waals surface area contributed by atoms with Crippen LogP contribution in [0, 0.1) is 5.92 Å². The largest absolute Gasteiger partial charge is 0.481 e. The van der Waals surface area contributed by atoms with Crippen LogP contribution >= 0.6 is 15.9 Å². The summed E-state index contributed by atoms with van der Waals surface area (Å²) in [5.41, 5.74) is 1.14. The fraction of sp³-hybridized carbons (Fsp3) is 0.364.